The van der Waals surface area contributed by atoms with Crippen molar-refractivity contribution in [3.8, 4) is 17.0 Å². The first-order valence-corrected chi connectivity index (χ1v) is 8.84. The first kappa shape index (κ1) is 17.5. The van der Waals surface area contributed by atoms with Crippen LogP contribution in [0.1, 0.15) is 31.2 Å². The van der Waals surface area contributed by atoms with E-state index in [0.717, 1.165) is 41.4 Å². The maximum absolute atomic E-state index is 12.1. The summed E-state index contributed by atoms with van der Waals surface area (Å²) in [4.78, 5) is 18.5. The van der Waals surface area contributed by atoms with E-state index in [2.05, 4.69) is 11.9 Å². The van der Waals surface area contributed by atoms with Gasteiger partial charge in [-0.3, -0.25) is 4.79 Å². The number of ether oxygens (including phenoxy) is 1. The first-order chi connectivity index (χ1) is 11.1. The quantitative estimate of drug-likeness (QED) is 0.733. The molecule has 0 saturated carbocycles. The Balaban J connectivity index is 1.90. The highest BCUT2D eigenvalue weighted by Gasteiger charge is 2.10. The number of thiazole rings is 1. The number of hydrogen-bond acceptors (Lipinski definition) is 4. The molecule has 0 bridgehead atoms. The van der Waals surface area contributed by atoms with Gasteiger partial charge in [0.25, 0.3) is 0 Å². The molecule has 0 aliphatic carbocycles. The predicted octanol–water partition coefficient (Wildman–Crippen LogP) is 4.01. The van der Waals surface area contributed by atoms with Crippen LogP contribution in [0.2, 0.25) is 0 Å². The molecule has 1 aromatic heterocycles. The van der Waals surface area contributed by atoms with E-state index >= 15 is 0 Å². The lowest BCUT2D eigenvalue weighted by molar-refractivity contribution is -0.129. The maximum atomic E-state index is 12.1. The van der Waals surface area contributed by atoms with Crippen molar-refractivity contribution in [3.05, 3.63) is 34.7 Å². The van der Waals surface area contributed by atoms with Crippen LogP contribution in [0.25, 0.3) is 11.3 Å². The van der Waals surface area contributed by atoms with Crippen LogP contribution in [0.3, 0.4) is 0 Å². The van der Waals surface area contributed by atoms with Crippen LogP contribution in [-0.2, 0) is 11.2 Å². The summed E-state index contributed by atoms with van der Waals surface area (Å²) in [6.45, 7) is 2.97. The van der Waals surface area contributed by atoms with Crippen LogP contribution >= 0.6 is 11.3 Å². The lowest BCUT2D eigenvalue weighted by Gasteiger charge is -2.16. The summed E-state index contributed by atoms with van der Waals surface area (Å²) >= 11 is 1.61. The summed E-state index contributed by atoms with van der Waals surface area (Å²) in [7, 11) is 3.53. The number of unbranched alkanes of at least 4 members (excludes halogenated alkanes) is 1. The Bertz CT molecular complexity index is 622. The molecule has 4 nitrogen and oxygen atoms in total. The van der Waals surface area contributed by atoms with Gasteiger partial charge in [-0.25, -0.2) is 4.98 Å². The van der Waals surface area contributed by atoms with Gasteiger partial charge < -0.3 is 9.64 Å². The number of hydrogen-bond donors (Lipinski definition) is 0. The molecule has 2 aromatic rings. The molecule has 23 heavy (non-hydrogen) atoms. The minimum absolute atomic E-state index is 0.194. The van der Waals surface area contributed by atoms with E-state index in [4.69, 9.17) is 4.74 Å². The highest BCUT2D eigenvalue weighted by molar-refractivity contribution is 7.09. The van der Waals surface area contributed by atoms with E-state index < -0.39 is 0 Å². The van der Waals surface area contributed by atoms with E-state index in [-0.39, 0.29) is 5.91 Å². The highest BCUT2D eigenvalue weighted by Crippen LogP contribution is 2.24. The van der Waals surface area contributed by atoms with Crippen LogP contribution in [0.15, 0.2) is 29.6 Å². The molecule has 1 aromatic carbocycles. The Kier molecular flexibility index (Phi) is 6.59. The number of aromatic nitrogens is 1. The van der Waals surface area contributed by atoms with Crippen molar-refractivity contribution >= 4 is 17.2 Å². The van der Waals surface area contributed by atoms with Crippen molar-refractivity contribution in [2.75, 3.05) is 20.7 Å². The number of aryl methyl sites for hydroxylation is 1. The topological polar surface area (TPSA) is 42.4 Å². The fourth-order valence-corrected chi connectivity index (χ4v) is 3.05. The van der Waals surface area contributed by atoms with Crippen LogP contribution in [0.4, 0.5) is 0 Å². The maximum Gasteiger partial charge on any atom is 0.222 e. The first-order valence-electron chi connectivity index (χ1n) is 7.96. The van der Waals surface area contributed by atoms with Crippen molar-refractivity contribution in [2.24, 2.45) is 0 Å². The summed E-state index contributed by atoms with van der Waals surface area (Å²) < 4.78 is 5.17. The molecule has 0 N–H and O–H groups in total. The number of nitrogens with zero attached hydrogens (tertiary/aromatic N) is 2. The number of amides is 1. The lowest BCUT2D eigenvalue weighted by Crippen LogP contribution is -2.27. The Morgan fingerprint density at radius 1 is 1.30 bits per heavy atom. The van der Waals surface area contributed by atoms with Gasteiger partial charge in [-0.15, -0.1) is 11.3 Å². The normalized spacial score (nSPS) is 10.6. The average molecular weight is 332 g/mol. The molecule has 0 aliphatic heterocycles. The number of carbonyl (C=O) groups excluding carboxylic acids is 1. The van der Waals surface area contributed by atoms with Crippen molar-refractivity contribution in [2.45, 2.75) is 32.6 Å². The van der Waals surface area contributed by atoms with E-state index in [1.807, 2.05) is 41.6 Å². The molecule has 0 saturated heterocycles. The fourth-order valence-electron chi connectivity index (χ4n) is 2.24. The molecule has 1 amide bonds. The van der Waals surface area contributed by atoms with Crippen LogP contribution in [0, 0.1) is 0 Å². The van der Waals surface area contributed by atoms with E-state index in [0.29, 0.717) is 12.8 Å². The zero-order chi connectivity index (χ0) is 16.7. The SMILES string of the molecule is CCCCN(C)C(=O)CCc1nc(-c2ccc(OC)cc2)cs1. The van der Waals surface area contributed by atoms with Crippen molar-refractivity contribution < 1.29 is 9.53 Å². The Hall–Kier alpha value is -1.88. The van der Waals surface area contributed by atoms with Crippen LogP contribution < -0.4 is 4.74 Å². The number of methoxy groups -OCH3 is 1. The second-order valence-electron chi connectivity index (χ2n) is 5.52. The van der Waals surface area contributed by atoms with Gasteiger partial charge in [-0.2, -0.15) is 0 Å². The molecule has 0 unspecified atom stereocenters. The summed E-state index contributed by atoms with van der Waals surface area (Å²) in [5.74, 6) is 1.03. The predicted molar refractivity (Wildman–Crippen MR) is 95.0 cm³/mol. The zero-order valence-electron chi connectivity index (χ0n) is 14.0. The van der Waals surface area contributed by atoms with E-state index in [1.165, 1.54) is 0 Å². The summed E-state index contributed by atoms with van der Waals surface area (Å²) in [5, 5.41) is 3.05. The lowest BCUT2D eigenvalue weighted by atomic mass is 10.2. The summed E-state index contributed by atoms with van der Waals surface area (Å²) in [5.41, 5.74) is 2.03. The van der Waals surface area contributed by atoms with E-state index in [9.17, 15) is 4.79 Å². The van der Waals surface area contributed by atoms with Gasteiger partial charge >= 0.3 is 0 Å². The summed E-state index contributed by atoms with van der Waals surface area (Å²) in [6.07, 6.45) is 3.39. The fraction of sp³-hybridized carbons (Fsp3) is 0.444. The Morgan fingerprint density at radius 2 is 2.04 bits per heavy atom. The van der Waals surface area contributed by atoms with Gasteiger partial charge in [0, 0.05) is 37.4 Å². The molecule has 2 rings (SSSR count). The summed E-state index contributed by atoms with van der Waals surface area (Å²) in [6, 6.07) is 7.86. The molecule has 5 heteroatoms. The third kappa shape index (κ3) is 5.06. The molecule has 0 aliphatic rings. The van der Waals surface area contributed by atoms with Gasteiger partial charge in [0.05, 0.1) is 17.8 Å². The molecular formula is C18H24N2O2S. The minimum atomic E-state index is 0.194. The molecule has 0 fully saturated rings. The standard InChI is InChI=1S/C18H24N2O2S/c1-4-5-12-20(2)18(21)11-10-17-19-16(13-23-17)14-6-8-15(22-3)9-7-14/h6-9,13H,4-5,10-12H2,1-3H3. The average Bonchev–Trinajstić information content (AvgIpc) is 3.06. The van der Waals surface area contributed by atoms with E-state index in [1.54, 1.807) is 18.4 Å². The Morgan fingerprint density at radius 3 is 2.70 bits per heavy atom. The minimum Gasteiger partial charge on any atom is -0.497 e. The molecule has 0 radical (unpaired) electrons. The van der Waals surface area contributed by atoms with Gasteiger partial charge in [0.15, 0.2) is 0 Å². The second kappa shape index (κ2) is 8.67. The van der Waals surface area contributed by atoms with Crippen LogP contribution in [-0.4, -0.2) is 36.5 Å². The van der Waals surface area contributed by atoms with Crippen molar-refractivity contribution in [1.82, 2.24) is 9.88 Å². The van der Waals surface area contributed by atoms with Gasteiger partial charge in [0.2, 0.25) is 5.91 Å². The number of rotatable bonds is 8. The zero-order valence-corrected chi connectivity index (χ0v) is 14.9. The van der Waals surface area contributed by atoms with Crippen LogP contribution in [0.5, 0.6) is 5.75 Å². The highest BCUT2D eigenvalue weighted by atomic mass is 32.1. The van der Waals surface area contributed by atoms with Crippen molar-refractivity contribution in [1.29, 1.82) is 0 Å². The molecule has 124 valence electrons. The van der Waals surface area contributed by atoms with Gasteiger partial charge in [0.1, 0.15) is 5.75 Å². The molecular weight excluding hydrogens is 308 g/mol. The smallest absolute Gasteiger partial charge is 0.222 e. The van der Waals surface area contributed by atoms with Crippen molar-refractivity contribution in [3.63, 3.8) is 0 Å². The Labute approximate surface area is 142 Å². The van der Waals surface area contributed by atoms with Gasteiger partial charge in [-0.05, 0) is 30.7 Å². The number of carbonyl (C=O) groups is 1. The van der Waals surface area contributed by atoms with Gasteiger partial charge in [-0.1, -0.05) is 13.3 Å². The monoisotopic (exact) mass is 332 g/mol. The second-order valence-corrected chi connectivity index (χ2v) is 6.47. The molecule has 1 heterocycles. The molecule has 0 spiro atoms. The molecule has 0 atom stereocenters. The third-order valence-corrected chi connectivity index (χ3v) is 4.67. The third-order valence-electron chi connectivity index (χ3n) is 3.76. The largest absolute Gasteiger partial charge is 0.497 e. The number of benzene rings is 1.